The Morgan fingerprint density at radius 3 is 0.882 bits per heavy atom. The molecule has 0 aromatic carbocycles. The van der Waals surface area contributed by atoms with Gasteiger partial charge in [0, 0.05) is 25.7 Å². The molecule has 17 heavy (non-hydrogen) atoms. The van der Waals surface area contributed by atoms with Gasteiger partial charge < -0.3 is 27.4 Å². The van der Waals surface area contributed by atoms with Crippen LogP contribution in [0.25, 0.3) is 0 Å². The van der Waals surface area contributed by atoms with Crippen molar-refractivity contribution in [2.45, 2.75) is 25.7 Å². The van der Waals surface area contributed by atoms with Crippen LogP contribution in [0.5, 0.6) is 0 Å². The second kappa shape index (κ2) is 10.9. The van der Waals surface area contributed by atoms with Crippen LogP contribution in [0.3, 0.4) is 0 Å². The maximum absolute atomic E-state index is 3.98. The minimum Gasteiger partial charge on any atom is -0.357 e. The predicted molar refractivity (Wildman–Crippen MR) is 69.2 cm³/mol. The standard InChI is InChI=1S/C12H32N5/c13-5-1-9-17(10-2-6-14,11-3-7-15)12-4-8-16/h1-16H2/q+1/p+4. The van der Waals surface area contributed by atoms with Crippen LogP contribution in [0.1, 0.15) is 25.7 Å². The summed E-state index contributed by atoms with van der Waals surface area (Å²) in [5.41, 5.74) is 15.9. The van der Waals surface area contributed by atoms with Crippen LogP contribution in [0.15, 0.2) is 0 Å². The van der Waals surface area contributed by atoms with Gasteiger partial charge in [0.15, 0.2) is 0 Å². The van der Waals surface area contributed by atoms with Crippen molar-refractivity contribution in [3.05, 3.63) is 0 Å². The van der Waals surface area contributed by atoms with Crippen molar-refractivity contribution in [3.63, 3.8) is 0 Å². The second-order valence-electron chi connectivity index (χ2n) is 5.06. The molecule has 0 aliphatic heterocycles. The molecule has 104 valence electrons. The average molecular weight is 250 g/mol. The summed E-state index contributed by atoms with van der Waals surface area (Å²) in [4.78, 5) is 0. The molecular formula is C12H36N5+5. The van der Waals surface area contributed by atoms with Gasteiger partial charge in [0.05, 0.1) is 52.4 Å². The van der Waals surface area contributed by atoms with E-state index in [1.54, 1.807) is 0 Å². The lowest BCUT2D eigenvalue weighted by Crippen LogP contribution is -2.60. The molecule has 0 radical (unpaired) electrons. The Kier molecular flexibility index (Phi) is 10.8. The fourth-order valence-corrected chi connectivity index (χ4v) is 2.46. The van der Waals surface area contributed by atoms with Crippen molar-refractivity contribution in [1.82, 2.24) is 0 Å². The third-order valence-electron chi connectivity index (χ3n) is 3.53. The zero-order valence-corrected chi connectivity index (χ0v) is 11.8. The summed E-state index contributed by atoms with van der Waals surface area (Å²) in [7, 11) is 0. The molecule has 0 unspecified atom stereocenters. The van der Waals surface area contributed by atoms with E-state index in [9.17, 15) is 0 Å². The number of rotatable bonds is 12. The van der Waals surface area contributed by atoms with E-state index in [2.05, 4.69) is 22.9 Å². The van der Waals surface area contributed by atoms with Crippen molar-refractivity contribution in [1.29, 1.82) is 0 Å². The van der Waals surface area contributed by atoms with Crippen molar-refractivity contribution in [2.75, 3.05) is 52.4 Å². The fraction of sp³-hybridized carbons (Fsp3) is 1.00. The summed E-state index contributed by atoms with van der Waals surface area (Å²) < 4.78 is 1.26. The molecule has 0 fully saturated rings. The Balaban J connectivity index is 4.39. The van der Waals surface area contributed by atoms with E-state index in [1.807, 2.05) is 0 Å². The van der Waals surface area contributed by atoms with Gasteiger partial charge in [-0.25, -0.2) is 0 Å². The van der Waals surface area contributed by atoms with E-state index in [4.69, 9.17) is 0 Å². The van der Waals surface area contributed by atoms with Crippen LogP contribution < -0.4 is 22.9 Å². The largest absolute Gasteiger partial charge is 0.357 e. The normalized spacial score (nSPS) is 12.0. The summed E-state index contributed by atoms with van der Waals surface area (Å²) in [6.07, 6.45) is 4.97. The molecule has 0 saturated carbocycles. The number of hydrogen-bond acceptors (Lipinski definition) is 0. The molecule has 0 amide bonds. The zero-order valence-electron chi connectivity index (χ0n) is 11.8. The maximum Gasteiger partial charge on any atom is 0.0841 e. The predicted octanol–water partition coefficient (Wildman–Crippen LogP) is -3.67. The Labute approximate surface area is 106 Å². The molecule has 0 saturated heterocycles. The van der Waals surface area contributed by atoms with Crippen LogP contribution in [0, 0.1) is 0 Å². The molecule has 0 heterocycles. The van der Waals surface area contributed by atoms with Gasteiger partial charge in [-0.15, -0.1) is 0 Å². The molecular weight excluding hydrogens is 214 g/mol. The van der Waals surface area contributed by atoms with Crippen LogP contribution in [0.2, 0.25) is 0 Å². The monoisotopic (exact) mass is 250 g/mol. The first-order chi connectivity index (χ1) is 8.24. The minimum absolute atomic E-state index is 1.05. The van der Waals surface area contributed by atoms with Gasteiger partial charge in [0.25, 0.3) is 0 Å². The molecule has 0 spiro atoms. The molecule has 5 heteroatoms. The number of nitrogens with zero attached hydrogens (tertiary/aromatic N) is 1. The molecule has 12 N–H and O–H groups in total. The second-order valence-corrected chi connectivity index (χ2v) is 5.06. The lowest BCUT2D eigenvalue weighted by Gasteiger charge is -2.38. The average Bonchev–Trinajstić information content (AvgIpc) is 2.37. The van der Waals surface area contributed by atoms with Gasteiger partial charge in [-0.1, -0.05) is 0 Å². The lowest BCUT2D eigenvalue weighted by atomic mass is 10.2. The Hall–Kier alpha value is -0.200. The first-order valence-corrected chi connectivity index (χ1v) is 7.26. The Morgan fingerprint density at radius 1 is 0.471 bits per heavy atom. The molecule has 0 aliphatic carbocycles. The molecule has 0 aliphatic rings. The van der Waals surface area contributed by atoms with Crippen LogP contribution >= 0.6 is 0 Å². The van der Waals surface area contributed by atoms with Crippen LogP contribution in [0.4, 0.5) is 0 Å². The summed E-state index contributed by atoms with van der Waals surface area (Å²) in [6.45, 7) is 9.34. The molecule has 0 bridgehead atoms. The topological polar surface area (TPSA) is 111 Å². The van der Waals surface area contributed by atoms with Gasteiger partial charge in [-0.2, -0.15) is 0 Å². The Morgan fingerprint density at radius 2 is 0.706 bits per heavy atom. The van der Waals surface area contributed by atoms with Gasteiger partial charge in [-0.3, -0.25) is 0 Å². The SMILES string of the molecule is [NH3+]CCC[N+](CCC[NH3+])(CCC[NH3+])CCC[NH3+]. The summed E-state index contributed by atoms with van der Waals surface area (Å²) >= 11 is 0. The van der Waals surface area contributed by atoms with E-state index in [-0.39, 0.29) is 0 Å². The summed E-state index contributed by atoms with van der Waals surface area (Å²) in [6, 6.07) is 0. The Bertz CT molecular complexity index is 125. The van der Waals surface area contributed by atoms with Gasteiger partial charge in [-0.05, 0) is 0 Å². The van der Waals surface area contributed by atoms with Crippen molar-refractivity contribution in [3.8, 4) is 0 Å². The van der Waals surface area contributed by atoms with Crippen molar-refractivity contribution in [2.24, 2.45) is 0 Å². The minimum atomic E-state index is 1.05. The highest BCUT2D eigenvalue weighted by atomic mass is 15.3. The quantitative estimate of drug-likeness (QED) is 0.256. The molecule has 0 aromatic rings. The fourth-order valence-electron chi connectivity index (χ4n) is 2.46. The van der Waals surface area contributed by atoms with Gasteiger partial charge in [0.2, 0.25) is 0 Å². The van der Waals surface area contributed by atoms with E-state index in [1.165, 1.54) is 56.3 Å². The molecule has 0 aromatic heterocycles. The maximum atomic E-state index is 3.98. The first kappa shape index (κ1) is 16.8. The highest BCUT2D eigenvalue weighted by Gasteiger charge is 2.26. The van der Waals surface area contributed by atoms with Crippen molar-refractivity contribution < 1.29 is 27.4 Å². The van der Waals surface area contributed by atoms with Crippen LogP contribution in [-0.2, 0) is 0 Å². The molecule has 5 nitrogen and oxygen atoms in total. The van der Waals surface area contributed by atoms with E-state index in [0.717, 1.165) is 26.2 Å². The highest BCUT2D eigenvalue weighted by molar-refractivity contribution is 4.48. The first-order valence-electron chi connectivity index (χ1n) is 7.26. The summed E-state index contributed by atoms with van der Waals surface area (Å²) in [5.74, 6) is 0. The van der Waals surface area contributed by atoms with Gasteiger partial charge >= 0.3 is 0 Å². The van der Waals surface area contributed by atoms with E-state index in [0.29, 0.717) is 0 Å². The highest BCUT2D eigenvalue weighted by Crippen LogP contribution is 2.12. The lowest BCUT2D eigenvalue weighted by molar-refractivity contribution is -0.930. The molecule has 0 atom stereocenters. The third-order valence-corrected chi connectivity index (χ3v) is 3.53. The number of quaternary nitrogens is 5. The van der Waals surface area contributed by atoms with Crippen molar-refractivity contribution >= 4 is 0 Å². The van der Waals surface area contributed by atoms with E-state index >= 15 is 0 Å². The number of hydrogen-bond donors (Lipinski definition) is 4. The van der Waals surface area contributed by atoms with Gasteiger partial charge in [0.1, 0.15) is 0 Å². The zero-order chi connectivity index (χ0) is 13.0. The smallest absolute Gasteiger partial charge is 0.0841 e. The molecule has 0 rings (SSSR count). The third kappa shape index (κ3) is 7.68. The summed E-state index contributed by atoms with van der Waals surface area (Å²) in [5, 5.41) is 0. The van der Waals surface area contributed by atoms with E-state index < -0.39 is 0 Å². The van der Waals surface area contributed by atoms with Crippen LogP contribution in [-0.4, -0.2) is 56.8 Å².